The van der Waals surface area contributed by atoms with Crippen LogP contribution in [0, 0.1) is 0 Å². The van der Waals surface area contributed by atoms with Gasteiger partial charge in [0.1, 0.15) is 23.8 Å². The largest absolute Gasteiger partial charge is 0.489 e. The molecule has 0 saturated heterocycles. The molecule has 1 aliphatic carbocycles. The first-order valence-electron chi connectivity index (χ1n) is 12.3. The zero-order valence-electron chi connectivity index (χ0n) is 20.1. The monoisotopic (exact) mass is 548 g/mol. The van der Waals surface area contributed by atoms with Gasteiger partial charge in [-0.25, -0.2) is 4.79 Å². The van der Waals surface area contributed by atoms with Crippen LogP contribution in [-0.2, 0) is 17.8 Å². The van der Waals surface area contributed by atoms with E-state index < -0.39 is 5.97 Å². The highest BCUT2D eigenvalue weighted by Crippen LogP contribution is 2.46. The van der Waals surface area contributed by atoms with Gasteiger partial charge in [0, 0.05) is 23.6 Å². The van der Waals surface area contributed by atoms with E-state index in [-0.39, 0.29) is 18.1 Å². The van der Waals surface area contributed by atoms with Crippen LogP contribution in [0.3, 0.4) is 0 Å². The van der Waals surface area contributed by atoms with Crippen molar-refractivity contribution in [3.8, 4) is 17.0 Å². The van der Waals surface area contributed by atoms with Crippen LogP contribution in [0.4, 0.5) is 11.4 Å². The van der Waals surface area contributed by atoms with Gasteiger partial charge in [-0.3, -0.25) is 9.69 Å². The summed E-state index contributed by atoms with van der Waals surface area (Å²) in [4.78, 5) is 25.9. The zero-order chi connectivity index (χ0) is 26.4. The summed E-state index contributed by atoms with van der Waals surface area (Å²) in [7, 11) is 0. The predicted molar refractivity (Wildman–Crippen MR) is 144 cm³/mol. The zero-order valence-corrected chi connectivity index (χ0v) is 21.6. The van der Waals surface area contributed by atoms with Gasteiger partial charge in [-0.15, -0.1) is 0 Å². The molecule has 2 aliphatic rings. The Morgan fingerprint density at radius 1 is 1.05 bits per heavy atom. The van der Waals surface area contributed by atoms with Gasteiger partial charge in [0.05, 0.1) is 26.9 Å². The van der Waals surface area contributed by atoms with Gasteiger partial charge >= 0.3 is 5.97 Å². The summed E-state index contributed by atoms with van der Waals surface area (Å²) < 4.78 is 12.0. The van der Waals surface area contributed by atoms with Gasteiger partial charge in [0.25, 0.3) is 0 Å². The Kier molecular flexibility index (Phi) is 6.33. The van der Waals surface area contributed by atoms with Crippen molar-refractivity contribution in [2.24, 2.45) is 0 Å². The number of fused-ring (bicyclic) bond motifs is 1. The van der Waals surface area contributed by atoms with E-state index in [2.05, 4.69) is 5.16 Å². The highest BCUT2D eigenvalue weighted by Gasteiger charge is 2.34. The average molecular weight is 549 g/mol. The fourth-order valence-electron chi connectivity index (χ4n) is 4.82. The molecular formula is C29H22Cl2N2O5. The molecule has 6 rings (SSSR count). The molecule has 0 spiro atoms. The van der Waals surface area contributed by atoms with E-state index in [0.29, 0.717) is 57.2 Å². The van der Waals surface area contributed by atoms with Crippen LogP contribution >= 0.6 is 23.2 Å². The Balaban J connectivity index is 1.30. The van der Waals surface area contributed by atoms with Crippen molar-refractivity contribution in [3.05, 3.63) is 93.2 Å². The molecule has 1 aromatic heterocycles. The normalized spacial score (nSPS) is 14.9. The summed E-state index contributed by atoms with van der Waals surface area (Å²) in [5.41, 5.74) is 4.31. The SMILES string of the molecule is O=C(O)c1cccc(N2C(=O)CCc3cc(OCc4c(-c5c(Cl)cccc5Cl)noc4C4CC4)ccc32)c1. The van der Waals surface area contributed by atoms with Crippen molar-refractivity contribution in [2.45, 2.75) is 38.2 Å². The lowest BCUT2D eigenvalue weighted by molar-refractivity contribution is -0.118. The maximum Gasteiger partial charge on any atom is 0.335 e. The molecule has 7 nitrogen and oxygen atoms in total. The number of aromatic nitrogens is 1. The lowest BCUT2D eigenvalue weighted by Crippen LogP contribution is -2.30. The minimum atomic E-state index is -1.04. The topological polar surface area (TPSA) is 92.9 Å². The van der Waals surface area contributed by atoms with Crippen LogP contribution in [0.1, 0.15) is 52.4 Å². The van der Waals surface area contributed by atoms with E-state index in [9.17, 15) is 14.7 Å². The molecule has 192 valence electrons. The Hall–Kier alpha value is -3.81. The molecule has 38 heavy (non-hydrogen) atoms. The summed E-state index contributed by atoms with van der Waals surface area (Å²) in [6.45, 7) is 0.217. The molecule has 1 aliphatic heterocycles. The van der Waals surface area contributed by atoms with Crippen LogP contribution in [-0.4, -0.2) is 22.1 Å². The van der Waals surface area contributed by atoms with Crippen molar-refractivity contribution >= 4 is 46.5 Å². The summed E-state index contributed by atoms with van der Waals surface area (Å²) in [5.74, 6) is 0.604. The fraction of sp³-hybridized carbons (Fsp3) is 0.207. The second-order valence-electron chi connectivity index (χ2n) is 9.41. The number of ether oxygens (including phenoxy) is 1. The van der Waals surface area contributed by atoms with Crippen molar-refractivity contribution in [1.82, 2.24) is 5.16 Å². The Morgan fingerprint density at radius 2 is 1.82 bits per heavy atom. The molecule has 0 radical (unpaired) electrons. The van der Waals surface area contributed by atoms with Gasteiger partial charge in [0.2, 0.25) is 5.91 Å². The minimum Gasteiger partial charge on any atom is -0.489 e. The number of benzene rings is 3. The summed E-state index contributed by atoms with van der Waals surface area (Å²) in [6.07, 6.45) is 2.93. The van der Waals surface area contributed by atoms with E-state index in [1.807, 2.05) is 12.1 Å². The van der Waals surface area contributed by atoms with E-state index in [4.69, 9.17) is 32.5 Å². The number of aryl methyl sites for hydroxylation is 1. The lowest BCUT2D eigenvalue weighted by atomic mass is 9.99. The quantitative estimate of drug-likeness (QED) is 0.258. The van der Waals surface area contributed by atoms with Gasteiger partial charge in [-0.2, -0.15) is 0 Å². The first-order valence-corrected chi connectivity index (χ1v) is 13.0. The summed E-state index contributed by atoms with van der Waals surface area (Å²) in [6, 6.07) is 17.2. The van der Waals surface area contributed by atoms with E-state index in [1.165, 1.54) is 12.1 Å². The van der Waals surface area contributed by atoms with Gasteiger partial charge < -0.3 is 14.4 Å². The van der Waals surface area contributed by atoms with E-state index in [1.54, 1.807) is 41.3 Å². The number of aromatic carboxylic acids is 1. The maximum absolute atomic E-state index is 12.8. The molecule has 4 aromatic rings. The number of rotatable bonds is 7. The summed E-state index contributed by atoms with van der Waals surface area (Å²) in [5, 5.41) is 14.7. The van der Waals surface area contributed by atoms with Crippen LogP contribution in [0.15, 0.2) is 65.2 Å². The van der Waals surface area contributed by atoms with Gasteiger partial charge in [-0.05, 0) is 73.4 Å². The Morgan fingerprint density at radius 3 is 2.55 bits per heavy atom. The number of halogens is 2. The van der Waals surface area contributed by atoms with Gasteiger partial charge in [0.15, 0.2) is 0 Å². The molecule has 1 amide bonds. The second-order valence-corrected chi connectivity index (χ2v) is 10.2. The number of carboxylic acid groups (broad SMARTS) is 1. The first-order chi connectivity index (χ1) is 18.4. The highest BCUT2D eigenvalue weighted by molar-refractivity contribution is 6.39. The standard InChI is InChI=1S/C29H22Cl2N2O5/c30-22-5-2-6-23(31)26(22)27-21(28(38-32-27)16-7-8-16)15-37-20-10-11-24-17(14-20)9-12-25(34)33(24)19-4-1-3-18(13-19)29(35)36/h1-6,10-11,13-14,16H,7-9,12,15H2,(H,35,36). The van der Waals surface area contributed by atoms with Crippen LogP contribution in [0.25, 0.3) is 11.3 Å². The number of carboxylic acids is 1. The molecule has 1 N–H and O–H groups in total. The van der Waals surface area contributed by atoms with Crippen molar-refractivity contribution in [3.63, 3.8) is 0 Å². The van der Waals surface area contributed by atoms with Gasteiger partial charge in [-0.1, -0.05) is 40.5 Å². The molecule has 0 bridgehead atoms. The molecule has 0 unspecified atom stereocenters. The fourth-order valence-corrected chi connectivity index (χ4v) is 5.40. The van der Waals surface area contributed by atoms with Crippen LogP contribution < -0.4 is 9.64 Å². The third-order valence-electron chi connectivity index (χ3n) is 6.85. The van der Waals surface area contributed by atoms with Crippen molar-refractivity contribution < 1.29 is 24.0 Å². The maximum atomic E-state index is 12.8. The Bertz CT molecular complexity index is 1560. The average Bonchev–Trinajstić information content (AvgIpc) is 3.67. The second kappa shape index (κ2) is 9.82. The lowest BCUT2D eigenvalue weighted by Gasteiger charge is -2.30. The molecule has 3 aromatic carbocycles. The van der Waals surface area contributed by atoms with Crippen molar-refractivity contribution in [1.29, 1.82) is 0 Å². The van der Waals surface area contributed by atoms with E-state index >= 15 is 0 Å². The molecule has 1 fully saturated rings. The molecule has 2 heterocycles. The molecule has 1 saturated carbocycles. The summed E-state index contributed by atoms with van der Waals surface area (Å²) >= 11 is 12.9. The number of hydrogen-bond acceptors (Lipinski definition) is 5. The smallest absolute Gasteiger partial charge is 0.335 e. The predicted octanol–water partition coefficient (Wildman–Crippen LogP) is 7.41. The number of nitrogens with zero attached hydrogens (tertiary/aromatic N) is 2. The minimum absolute atomic E-state index is 0.0893. The van der Waals surface area contributed by atoms with E-state index in [0.717, 1.165) is 29.7 Å². The third-order valence-corrected chi connectivity index (χ3v) is 7.48. The van der Waals surface area contributed by atoms with Crippen LogP contribution in [0.2, 0.25) is 10.0 Å². The van der Waals surface area contributed by atoms with Crippen LogP contribution in [0.5, 0.6) is 5.75 Å². The Labute approximate surface area is 228 Å². The number of carbonyl (C=O) groups excluding carboxylic acids is 1. The number of hydrogen-bond donors (Lipinski definition) is 1. The van der Waals surface area contributed by atoms with Crippen molar-refractivity contribution in [2.75, 3.05) is 4.90 Å². The molecule has 9 heteroatoms. The molecular weight excluding hydrogens is 527 g/mol. The number of anilines is 2. The number of carbonyl (C=O) groups is 2. The number of amides is 1. The molecule has 0 atom stereocenters. The third kappa shape index (κ3) is 4.52. The highest BCUT2D eigenvalue weighted by atomic mass is 35.5. The first kappa shape index (κ1) is 24.5.